The number of hydrogen-bond acceptors (Lipinski definition) is 3. The summed E-state index contributed by atoms with van der Waals surface area (Å²) in [5.74, 6) is 0. The number of aromatic nitrogens is 2. The third kappa shape index (κ3) is 2.38. The summed E-state index contributed by atoms with van der Waals surface area (Å²) in [5.41, 5.74) is 2.44. The van der Waals surface area contributed by atoms with E-state index in [0.29, 0.717) is 6.61 Å². The molecule has 0 atom stereocenters. The molecule has 1 fully saturated rings. The fourth-order valence-corrected chi connectivity index (χ4v) is 1.85. The fraction of sp³-hybridized carbons (Fsp3) is 0.727. The summed E-state index contributed by atoms with van der Waals surface area (Å²) in [6.45, 7) is 4.05. The molecular formula is C11H19N3O. The Kier molecular flexibility index (Phi) is 2.80. The second kappa shape index (κ2) is 3.94. The van der Waals surface area contributed by atoms with Crippen LogP contribution in [0.25, 0.3) is 0 Å². The molecule has 0 saturated heterocycles. The van der Waals surface area contributed by atoms with Gasteiger partial charge in [0.15, 0.2) is 0 Å². The molecule has 1 aromatic heterocycles. The number of aliphatic hydroxyl groups is 1. The van der Waals surface area contributed by atoms with Crippen molar-refractivity contribution < 1.29 is 5.11 Å². The van der Waals surface area contributed by atoms with Crippen LogP contribution in [-0.4, -0.2) is 28.0 Å². The highest BCUT2D eigenvalue weighted by Crippen LogP contribution is 2.44. The topological polar surface area (TPSA) is 50.1 Å². The number of hydrogen-bond donors (Lipinski definition) is 2. The molecule has 0 spiro atoms. The van der Waals surface area contributed by atoms with E-state index in [9.17, 15) is 0 Å². The molecule has 0 amide bonds. The first-order chi connectivity index (χ1) is 7.15. The van der Waals surface area contributed by atoms with Crippen LogP contribution in [0.1, 0.15) is 24.2 Å². The maximum Gasteiger partial charge on any atom is 0.0597 e. The average Bonchev–Trinajstić information content (AvgIpc) is 2.90. The molecule has 84 valence electrons. The van der Waals surface area contributed by atoms with Crippen LogP contribution >= 0.6 is 0 Å². The van der Waals surface area contributed by atoms with E-state index in [0.717, 1.165) is 31.6 Å². The van der Waals surface area contributed by atoms with E-state index >= 15 is 0 Å². The second-order valence-electron chi connectivity index (χ2n) is 4.66. The molecule has 2 N–H and O–H groups in total. The minimum absolute atomic E-state index is 0.188. The summed E-state index contributed by atoms with van der Waals surface area (Å²) in [6, 6.07) is 2.09. The SMILES string of the molecule is Cc1cc(CNCC2(CO)CC2)n(C)n1. The van der Waals surface area contributed by atoms with Gasteiger partial charge in [-0.2, -0.15) is 5.10 Å². The molecule has 1 aromatic rings. The Bertz CT molecular complexity index is 342. The van der Waals surface area contributed by atoms with Crippen LogP contribution in [0.4, 0.5) is 0 Å². The highest BCUT2D eigenvalue weighted by Gasteiger charge is 2.41. The van der Waals surface area contributed by atoms with Crippen molar-refractivity contribution in [1.29, 1.82) is 0 Å². The van der Waals surface area contributed by atoms with E-state index < -0.39 is 0 Å². The minimum atomic E-state index is 0.188. The molecule has 15 heavy (non-hydrogen) atoms. The lowest BCUT2D eigenvalue weighted by atomic mass is 10.1. The predicted molar refractivity (Wildman–Crippen MR) is 58.4 cm³/mol. The van der Waals surface area contributed by atoms with Crippen LogP contribution in [0.15, 0.2) is 6.07 Å². The molecule has 0 bridgehead atoms. The van der Waals surface area contributed by atoms with E-state index in [1.165, 1.54) is 5.69 Å². The first kappa shape index (κ1) is 10.6. The average molecular weight is 209 g/mol. The Hall–Kier alpha value is -0.870. The molecular weight excluding hydrogens is 190 g/mol. The Morgan fingerprint density at radius 2 is 2.33 bits per heavy atom. The lowest BCUT2D eigenvalue weighted by Gasteiger charge is -2.12. The minimum Gasteiger partial charge on any atom is -0.396 e. The lowest BCUT2D eigenvalue weighted by molar-refractivity contribution is 0.207. The second-order valence-corrected chi connectivity index (χ2v) is 4.66. The van der Waals surface area contributed by atoms with Gasteiger partial charge in [-0.25, -0.2) is 0 Å². The molecule has 4 heteroatoms. The molecule has 0 aromatic carbocycles. The van der Waals surface area contributed by atoms with Crippen LogP contribution in [0.3, 0.4) is 0 Å². The predicted octanol–water partition coefficient (Wildman–Crippen LogP) is 0.591. The Labute approximate surface area is 90.3 Å². The summed E-state index contributed by atoms with van der Waals surface area (Å²) < 4.78 is 1.90. The molecule has 1 aliphatic rings. The Balaban J connectivity index is 1.81. The fourth-order valence-electron chi connectivity index (χ4n) is 1.85. The molecule has 1 heterocycles. The van der Waals surface area contributed by atoms with Crippen LogP contribution < -0.4 is 5.32 Å². The zero-order valence-electron chi connectivity index (χ0n) is 9.45. The quantitative estimate of drug-likeness (QED) is 0.746. The maximum atomic E-state index is 9.15. The number of nitrogens with zero attached hydrogens (tertiary/aromatic N) is 2. The van der Waals surface area contributed by atoms with Crippen molar-refractivity contribution in [1.82, 2.24) is 15.1 Å². The zero-order valence-corrected chi connectivity index (χ0v) is 9.45. The number of nitrogens with one attached hydrogen (secondary N) is 1. The molecule has 0 radical (unpaired) electrons. The van der Waals surface area contributed by atoms with Gasteiger partial charge in [-0.3, -0.25) is 4.68 Å². The summed E-state index contributed by atoms with van der Waals surface area (Å²) in [5, 5.41) is 16.8. The third-order valence-corrected chi connectivity index (χ3v) is 3.20. The lowest BCUT2D eigenvalue weighted by Crippen LogP contribution is -2.26. The number of rotatable bonds is 5. The monoisotopic (exact) mass is 209 g/mol. The van der Waals surface area contributed by atoms with Crippen LogP contribution in [0.5, 0.6) is 0 Å². The van der Waals surface area contributed by atoms with E-state index in [1.54, 1.807) is 0 Å². The van der Waals surface area contributed by atoms with Crippen LogP contribution in [0.2, 0.25) is 0 Å². The molecule has 4 nitrogen and oxygen atoms in total. The Morgan fingerprint density at radius 1 is 1.60 bits per heavy atom. The molecule has 0 unspecified atom stereocenters. The summed E-state index contributed by atoms with van der Waals surface area (Å²) in [4.78, 5) is 0. The van der Waals surface area contributed by atoms with Gasteiger partial charge in [-0.1, -0.05) is 0 Å². The molecule has 2 rings (SSSR count). The van der Waals surface area contributed by atoms with Crippen LogP contribution in [-0.2, 0) is 13.6 Å². The van der Waals surface area contributed by atoms with Crippen LogP contribution in [0, 0.1) is 12.3 Å². The van der Waals surface area contributed by atoms with Gasteiger partial charge in [-0.05, 0) is 25.8 Å². The van der Waals surface area contributed by atoms with E-state index in [2.05, 4.69) is 16.5 Å². The largest absolute Gasteiger partial charge is 0.396 e. The number of aryl methyl sites for hydroxylation is 2. The molecule has 1 aliphatic carbocycles. The van der Waals surface area contributed by atoms with Crippen molar-refractivity contribution >= 4 is 0 Å². The van der Waals surface area contributed by atoms with Gasteiger partial charge in [0, 0.05) is 32.2 Å². The smallest absolute Gasteiger partial charge is 0.0597 e. The van der Waals surface area contributed by atoms with E-state index in [4.69, 9.17) is 5.11 Å². The summed E-state index contributed by atoms with van der Waals surface area (Å²) in [7, 11) is 1.96. The van der Waals surface area contributed by atoms with E-state index in [-0.39, 0.29) is 5.41 Å². The zero-order chi connectivity index (χ0) is 10.9. The van der Waals surface area contributed by atoms with Crippen molar-refractivity contribution in [2.75, 3.05) is 13.2 Å². The van der Waals surface area contributed by atoms with Gasteiger partial charge in [0.2, 0.25) is 0 Å². The van der Waals surface area contributed by atoms with Gasteiger partial charge < -0.3 is 10.4 Å². The van der Waals surface area contributed by atoms with Gasteiger partial charge in [-0.15, -0.1) is 0 Å². The van der Waals surface area contributed by atoms with Crippen molar-refractivity contribution in [3.63, 3.8) is 0 Å². The van der Waals surface area contributed by atoms with Crippen molar-refractivity contribution in [3.05, 3.63) is 17.5 Å². The summed E-state index contributed by atoms with van der Waals surface area (Å²) >= 11 is 0. The maximum absolute atomic E-state index is 9.15. The number of aliphatic hydroxyl groups excluding tert-OH is 1. The van der Waals surface area contributed by atoms with E-state index in [1.807, 2.05) is 18.7 Å². The standard InChI is InChI=1S/C11H19N3O/c1-9-5-10(14(2)13-9)6-12-7-11(8-15)3-4-11/h5,12,15H,3-4,6-8H2,1-2H3. The van der Waals surface area contributed by atoms with Crippen molar-refractivity contribution in [3.8, 4) is 0 Å². The first-order valence-electron chi connectivity index (χ1n) is 5.46. The van der Waals surface area contributed by atoms with Gasteiger partial charge in [0.1, 0.15) is 0 Å². The van der Waals surface area contributed by atoms with Crippen molar-refractivity contribution in [2.45, 2.75) is 26.3 Å². The van der Waals surface area contributed by atoms with Crippen molar-refractivity contribution in [2.24, 2.45) is 12.5 Å². The van der Waals surface area contributed by atoms with Gasteiger partial charge in [0.05, 0.1) is 11.4 Å². The summed E-state index contributed by atoms with van der Waals surface area (Å²) in [6.07, 6.45) is 2.31. The highest BCUT2D eigenvalue weighted by molar-refractivity contribution is 5.08. The highest BCUT2D eigenvalue weighted by atomic mass is 16.3. The van der Waals surface area contributed by atoms with Gasteiger partial charge >= 0.3 is 0 Å². The third-order valence-electron chi connectivity index (χ3n) is 3.20. The Morgan fingerprint density at radius 3 is 2.80 bits per heavy atom. The normalized spacial score (nSPS) is 18.1. The van der Waals surface area contributed by atoms with Gasteiger partial charge in [0.25, 0.3) is 0 Å². The molecule has 1 saturated carbocycles. The first-order valence-corrected chi connectivity index (χ1v) is 5.46. The molecule has 0 aliphatic heterocycles.